The van der Waals surface area contributed by atoms with Crippen molar-refractivity contribution in [3.63, 3.8) is 0 Å². The van der Waals surface area contributed by atoms with Crippen molar-refractivity contribution in [2.75, 3.05) is 0 Å². The van der Waals surface area contributed by atoms with Crippen LogP contribution in [0.1, 0.15) is 51.9 Å². The van der Waals surface area contributed by atoms with Gasteiger partial charge in [-0.05, 0) is 25.2 Å². The van der Waals surface area contributed by atoms with Gasteiger partial charge < -0.3 is 0 Å². The molecule has 0 aliphatic heterocycles. The molecule has 0 aromatic heterocycles. The Morgan fingerprint density at radius 2 is 2.00 bits per heavy atom. The van der Waals surface area contributed by atoms with Gasteiger partial charge in [-0.25, -0.2) is 4.39 Å². The Labute approximate surface area is 69.2 Å². The fraction of sp³-hybridized carbons (Fsp3) is 1.00. The number of alkyl halides is 1. The zero-order valence-electron chi connectivity index (χ0n) is 7.48. The molecule has 0 saturated heterocycles. The van der Waals surface area contributed by atoms with Gasteiger partial charge in [-0.3, -0.25) is 0 Å². The van der Waals surface area contributed by atoms with Crippen LogP contribution in [0.15, 0.2) is 0 Å². The van der Waals surface area contributed by atoms with E-state index < -0.39 is 6.17 Å². The SMILES string of the molecule is CCCCC1CCCCC1F. The molecule has 1 rings (SSSR count). The monoisotopic (exact) mass is 158 g/mol. The first kappa shape index (κ1) is 9.02. The van der Waals surface area contributed by atoms with E-state index in [0.29, 0.717) is 5.92 Å². The average molecular weight is 158 g/mol. The number of unbranched alkanes of at least 4 members (excludes halogenated alkanes) is 1. The van der Waals surface area contributed by atoms with Crippen LogP contribution in [0.4, 0.5) is 4.39 Å². The largest absolute Gasteiger partial charge is 0.247 e. The molecule has 0 N–H and O–H groups in total. The van der Waals surface area contributed by atoms with Gasteiger partial charge in [0, 0.05) is 0 Å². The summed E-state index contributed by atoms with van der Waals surface area (Å²) in [6.45, 7) is 2.18. The second kappa shape index (κ2) is 4.74. The van der Waals surface area contributed by atoms with Gasteiger partial charge in [0.1, 0.15) is 6.17 Å². The second-order valence-corrected chi connectivity index (χ2v) is 3.70. The predicted octanol–water partition coefficient (Wildman–Crippen LogP) is 3.70. The number of hydrogen-bond donors (Lipinski definition) is 0. The molecule has 1 fully saturated rings. The van der Waals surface area contributed by atoms with Gasteiger partial charge >= 0.3 is 0 Å². The van der Waals surface area contributed by atoms with E-state index in [9.17, 15) is 4.39 Å². The molecule has 1 aliphatic carbocycles. The van der Waals surface area contributed by atoms with Crippen molar-refractivity contribution in [3.8, 4) is 0 Å². The Kier molecular flexibility index (Phi) is 3.88. The van der Waals surface area contributed by atoms with Gasteiger partial charge in [0.2, 0.25) is 0 Å². The highest BCUT2D eigenvalue weighted by atomic mass is 19.1. The molecule has 1 heteroatoms. The Bertz CT molecular complexity index is 101. The Morgan fingerprint density at radius 3 is 2.64 bits per heavy atom. The summed E-state index contributed by atoms with van der Waals surface area (Å²) in [4.78, 5) is 0. The first-order valence-electron chi connectivity index (χ1n) is 4.98. The highest BCUT2D eigenvalue weighted by Gasteiger charge is 2.23. The molecule has 0 heterocycles. The first-order valence-corrected chi connectivity index (χ1v) is 4.98. The lowest BCUT2D eigenvalue weighted by Crippen LogP contribution is -2.20. The molecular formula is C10H19F. The van der Waals surface area contributed by atoms with E-state index in [1.165, 1.54) is 19.3 Å². The van der Waals surface area contributed by atoms with E-state index in [-0.39, 0.29) is 0 Å². The molecular weight excluding hydrogens is 139 g/mol. The summed E-state index contributed by atoms with van der Waals surface area (Å²) in [5.41, 5.74) is 0. The van der Waals surface area contributed by atoms with Crippen molar-refractivity contribution in [1.29, 1.82) is 0 Å². The standard InChI is InChI=1S/C10H19F/c1-2-3-6-9-7-4-5-8-10(9)11/h9-10H,2-8H2,1H3. The summed E-state index contributed by atoms with van der Waals surface area (Å²) in [5, 5.41) is 0. The number of rotatable bonds is 3. The minimum atomic E-state index is -0.477. The van der Waals surface area contributed by atoms with Gasteiger partial charge in [-0.1, -0.05) is 32.6 Å². The van der Waals surface area contributed by atoms with Crippen LogP contribution in [0.3, 0.4) is 0 Å². The molecule has 0 aromatic rings. The van der Waals surface area contributed by atoms with Crippen LogP contribution < -0.4 is 0 Å². The van der Waals surface area contributed by atoms with Gasteiger partial charge in [0.15, 0.2) is 0 Å². The summed E-state index contributed by atoms with van der Waals surface area (Å²) >= 11 is 0. The highest BCUT2D eigenvalue weighted by Crippen LogP contribution is 2.30. The normalized spacial score (nSPS) is 32.2. The zero-order valence-corrected chi connectivity index (χ0v) is 7.48. The molecule has 0 spiro atoms. The molecule has 2 unspecified atom stereocenters. The molecule has 2 atom stereocenters. The van der Waals surface area contributed by atoms with Crippen LogP contribution in [0.5, 0.6) is 0 Å². The van der Waals surface area contributed by atoms with Crippen molar-refractivity contribution in [2.45, 2.75) is 58.0 Å². The third kappa shape index (κ3) is 2.80. The van der Waals surface area contributed by atoms with Crippen LogP contribution in [-0.2, 0) is 0 Å². The lowest BCUT2D eigenvalue weighted by molar-refractivity contribution is 0.155. The molecule has 0 bridgehead atoms. The minimum Gasteiger partial charge on any atom is -0.247 e. The molecule has 0 amide bonds. The summed E-state index contributed by atoms with van der Waals surface area (Å²) in [7, 11) is 0. The molecule has 66 valence electrons. The summed E-state index contributed by atoms with van der Waals surface area (Å²) < 4.78 is 13.2. The lowest BCUT2D eigenvalue weighted by atomic mass is 9.84. The van der Waals surface area contributed by atoms with Crippen LogP contribution >= 0.6 is 0 Å². The maximum absolute atomic E-state index is 13.2. The van der Waals surface area contributed by atoms with Crippen molar-refractivity contribution in [1.82, 2.24) is 0 Å². The molecule has 0 aromatic carbocycles. The van der Waals surface area contributed by atoms with E-state index in [4.69, 9.17) is 0 Å². The quantitative estimate of drug-likeness (QED) is 0.587. The Morgan fingerprint density at radius 1 is 1.27 bits per heavy atom. The molecule has 1 saturated carbocycles. The van der Waals surface area contributed by atoms with Crippen molar-refractivity contribution in [2.24, 2.45) is 5.92 Å². The topological polar surface area (TPSA) is 0 Å². The van der Waals surface area contributed by atoms with E-state index in [1.54, 1.807) is 0 Å². The van der Waals surface area contributed by atoms with Gasteiger partial charge in [0.05, 0.1) is 0 Å². The Balaban J connectivity index is 2.18. The number of halogens is 1. The average Bonchev–Trinajstić information content (AvgIpc) is 2.03. The minimum absolute atomic E-state index is 0.406. The van der Waals surface area contributed by atoms with Crippen LogP contribution in [0.2, 0.25) is 0 Å². The number of hydrogen-bond acceptors (Lipinski definition) is 0. The van der Waals surface area contributed by atoms with Gasteiger partial charge in [-0.2, -0.15) is 0 Å². The van der Waals surface area contributed by atoms with E-state index in [0.717, 1.165) is 25.7 Å². The van der Waals surface area contributed by atoms with Crippen LogP contribution in [-0.4, -0.2) is 6.17 Å². The van der Waals surface area contributed by atoms with Crippen molar-refractivity contribution >= 4 is 0 Å². The fourth-order valence-electron chi connectivity index (χ4n) is 1.95. The molecule has 0 nitrogen and oxygen atoms in total. The zero-order chi connectivity index (χ0) is 8.10. The van der Waals surface area contributed by atoms with Crippen LogP contribution in [0, 0.1) is 5.92 Å². The smallest absolute Gasteiger partial charge is 0.103 e. The Hall–Kier alpha value is -0.0700. The summed E-state index contributed by atoms with van der Waals surface area (Å²) in [5.74, 6) is 0.406. The van der Waals surface area contributed by atoms with E-state index in [1.807, 2.05) is 0 Å². The van der Waals surface area contributed by atoms with Gasteiger partial charge in [0.25, 0.3) is 0 Å². The molecule has 11 heavy (non-hydrogen) atoms. The van der Waals surface area contributed by atoms with E-state index in [2.05, 4.69) is 6.92 Å². The van der Waals surface area contributed by atoms with E-state index >= 15 is 0 Å². The maximum atomic E-state index is 13.2. The third-order valence-electron chi connectivity index (χ3n) is 2.74. The molecule has 0 radical (unpaired) electrons. The maximum Gasteiger partial charge on any atom is 0.103 e. The van der Waals surface area contributed by atoms with Gasteiger partial charge in [-0.15, -0.1) is 0 Å². The molecule has 1 aliphatic rings. The lowest BCUT2D eigenvalue weighted by Gasteiger charge is -2.25. The van der Waals surface area contributed by atoms with Crippen LogP contribution in [0.25, 0.3) is 0 Å². The van der Waals surface area contributed by atoms with Crippen molar-refractivity contribution < 1.29 is 4.39 Å². The fourth-order valence-corrected chi connectivity index (χ4v) is 1.95. The summed E-state index contributed by atoms with van der Waals surface area (Å²) in [6, 6.07) is 0. The third-order valence-corrected chi connectivity index (χ3v) is 2.74. The first-order chi connectivity index (χ1) is 5.34. The van der Waals surface area contributed by atoms with Crippen molar-refractivity contribution in [3.05, 3.63) is 0 Å². The highest BCUT2D eigenvalue weighted by molar-refractivity contribution is 4.74. The second-order valence-electron chi connectivity index (χ2n) is 3.70. The summed E-state index contributed by atoms with van der Waals surface area (Å²) in [6.07, 6.45) is 7.41. The predicted molar refractivity (Wildman–Crippen MR) is 46.4 cm³/mol.